The number of carbonyl (C=O) groups is 1. The lowest BCUT2D eigenvalue weighted by Crippen LogP contribution is -2.04. The molecule has 0 unspecified atom stereocenters. The molecule has 0 fully saturated rings. The van der Waals surface area contributed by atoms with Crippen molar-refractivity contribution < 1.29 is 9.53 Å². The first kappa shape index (κ1) is 13.9. The molecule has 0 aliphatic carbocycles. The molecule has 1 aliphatic rings. The van der Waals surface area contributed by atoms with Crippen LogP contribution in [0.3, 0.4) is 0 Å². The van der Waals surface area contributed by atoms with Crippen LogP contribution in [0.1, 0.15) is 11.1 Å². The normalized spacial score (nSPS) is 16.0. The molecule has 5 heteroatoms. The van der Waals surface area contributed by atoms with E-state index < -0.39 is 5.97 Å². The van der Waals surface area contributed by atoms with E-state index in [4.69, 9.17) is 27.9 Å². The summed E-state index contributed by atoms with van der Waals surface area (Å²) in [5, 5.41) is 0.900. The Morgan fingerprint density at radius 2 is 1.62 bits per heavy atom. The maximum atomic E-state index is 11.9. The maximum Gasteiger partial charge on any atom is 0.363 e. The third-order valence-corrected chi connectivity index (χ3v) is 3.58. The number of hydrogen-bond acceptors (Lipinski definition) is 3. The van der Waals surface area contributed by atoms with Crippen molar-refractivity contribution in [3.05, 3.63) is 75.4 Å². The first-order valence-corrected chi connectivity index (χ1v) is 6.93. The van der Waals surface area contributed by atoms with Crippen LogP contribution in [0.15, 0.2) is 59.2 Å². The lowest BCUT2D eigenvalue weighted by Gasteiger charge is -2.00. The standard InChI is InChI=1S/C16H9Cl2NO2/c17-12-7-4-8-13(18)11(12)9-14-16(20)21-15(19-14)10-5-2-1-3-6-10/h1-9H. The molecule has 0 aromatic heterocycles. The first-order valence-electron chi connectivity index (χ1n) is 6.17. The second kappa shape index (κ2) is 5.72. The van der Waals surface area contributed by atoms with Gasteiger partial charge in [0.25, 0.3) is 0 Å². The molecule has 0 spiro atoms. The van der Waals surface area contributed by atoms with Crippen molar-refractivity contribution in [1.82, 2.24) is 0 Å². The predicted molar refractivity (Wildman–Crippen MR) is 83.5 cm³/mol. The highest BCUT2D eigenvalue weighted by molar-refractivity contribution is 6.37. The molecule has 0 amide bonds. The summed E-state index contributed by atoms with van der Waals surface area (Å²) in [6.07, 6.45) is 1.53. The minimum absolute atomic E-state index is 0.170. The van der Waals surface area contributed by atoms with Gasteiger partial charge in [-0.3, -0.25) is 0 Å². The summed E-state index contributed by atoms with van der Waals surface area (Å²) in [6.45, 7) is 0. The van der Waals surface area contributed by atoms with Crippen LogP contribution in [-0.2, 0) is 9.53 Å². The van der Waals surface area contributed by atoms with Crippen LogP contribution >= 0.6 is 23.2 Å². The third kappa shape index (κ3) is 2.84. The van der Waals surface area contributed by atoms with Crippen molar-refractivity contribution in [2.75, 3.05) is 0 Å². The van der Waals surface area contributed by atoms with Crippen LogP contribution in [0, 0.1) is 0 Å². The second-order valence-electron chi connectivity index (χ2n) is 4.34. The van der Waals surface area contributed by atoms with Crippen molar-refractivity contribution in [2.45, 2.75) is 0 Å². The molecule has 1 heterocycles. The van der Waals surface area contributed by atoms with E-state index in [9.17, 15) is 4.79 Å². The van der Waals surface area contributed by atoms with Gasteiger partial charge in [-0.05, 0) is 30.3 Å². The molecule has 0 saturated carbocycles. The van der Waals surface area contributed by atoms with Gasteiger partial charge in [0, 0.05) is 21.2 Å². The quantitative estimate of drug-likeness (QED) is 0.610. The summed E-state index contributed by atoms with van der Waals surface area (Å²) in [4.78, 5) is 16.1. The maximum absolute atomic E-state index is 11.9. The van der Waals surface area contributed by atoms with Gasteiger partial charge in [0.2, 0.25) is 5.90 Å². The van der Waals surface area contributed by atoms with Gasteiger partial charge in [-0.2, -0.15) is 0 Å². The van der Waals surface area contributed by atoms with Crippen molar-refractivity contribution in [1.29, 1.82) is 0 Å². The molecular weight excluding hydrogens is 309 g/mol. The van der Waals surface area contributed by atoms with Crippen molar-refractivity contribution >= 4 is 41.1 Å². The van der Waals surface area contributed by atoms with Gasteiger partial charge in [-0.1, -0.05) is 47.5 Å². The minimum Gasteiger partial charge on any atom is -0.402 e. The largest absolute Gasteiger partial charge is 0.402 e. The second-order valence-corrected chi connectivity index (χ2v) is 5.15. The molecule has 3 nitrogen and oxygen atoms in total. The van der Waals surface area contributed by atoms with E-state index in [0.717, 1.165) is 5.56 Å². The van der Waals surface area contributed by atoms with Gasteiger partial charge in [-0.25, -0.2) is 9.79 Å². The molecule has 0 atom stereocenters. The highest BCUT2D eigenvalue weighted by Crippen LogP contribution is 2.28. The molecule has 104 valence electrons. The number of esters is 1. The first-order chi connectivity index (χ1) is 10.1. The fraction of sp³-hybridized carbons (Fsp3) is 0. The van der Waals surface area contributed by atoms with Crippen molar-refractivity contribution in [3.8, 4) is 0 Å². The van der Waals surface area contributed by atoms with Crippen LogP contribution in [0.2, 0.25) is 10.0 Å². The molecule has 0 N–H and O–H groups in total. The summed E-state index contributed by atoms with van der Waals surface area (Å²) in [6, 6.07) is 14.3. The van der Waals surface area contributed by atoms with Crippen molar-refractivity contribution in [2.24, 2.45) is 4.99 Å². The van der Waals surface area contributed by atoms with Gasteiger partial charge < -0.3 is 4.74 Å². The Bertz CT molecular complexity index is 747. The van der Waals surface area contributed by atoms with E-state index in [0.29, 0.717) is 15.6 Å². The molecule has 0 bridgehead atoms. The molecule has 2 aromatic rings. The summed E-state index contributed by atoms with van der Waals surface area (Å²) in [7, 11) is 0. The highest BCUT2D eigenvalue weighted by Gasteiger charge is 2.24. The zero-order chi connectivity index (χ0) is 14.8. The molecule has 0 saturated heterocycles. The zero-order valence-corrected chi connectivity index (χ0v) is 12.2. The van der Waals surface area contributed by atoms with Crippen LogP contribution in [0.4, 0.5) is 0 Å². The van der Waals surface area contributed by atoms with E-state index in [2.05, 4.69) is 4.99 Å². The number of nitrogens with zero attached hydrogens (tertiary/aromatic N) is 1. The van der Waals surface area contributed by atoms with Gasteiger partial charge in [0.1, 0.15) is 0 Å². The lowest BCUT2D eigenvalue weighted by atomic mass is 10.2. The van der Waals surface area contributed by atoms with Crippen molar-refractivity contribution in [3.63, 3.8) is 0 Å². The summed E-state index contributed by atoms with van der Waals surface area (Å²) < 4.78 is 5.17. The Hall–Kier alpha value is -2.10. The number of hydrogen-bond donors (Lipinski definition) is 0. The molecule has 3 rings (SSSR count). The van der Waals surface area contributed by atoms with E-state index in [-0.39, 0.29) is 11.6 Å². The number of aliphatic imine (C=N–C) groups is 1. The van der Waals surface area contributed by atoms with E-state index >= 15 is 0 Å². The topological polar surface area (TPSA) is 38.7 Å². The van der Waals surface area contributed by atoms with Crippen LogP contribution in [0.25, 0.3) is 6.08 Å². The van der Waals surface area contributed by atoms with Crippen LogP contribution in [-0.4, -0.2) is 11.9 Å². The number of cyclic esters (lactones) is 1. The Morgan fingerprint density at radius 3 is 2.29 bits per heavy atom. The lowest BCUT2D eigenvalue weighted by molar-refractivity contribution is -0.129. The number of ether oxygens (including phenoxy) is 1. The van der Waals surface area contributed by atoms with E-state index in [1.807, 2.05) is 30.3 Å². The average Bonchev–Trinajstić information content (AvgIpc) is 2.85. The van der Waals surface area contributed by atoms with Gasteiger partial charge in [0.15, 0.2) is 5.70 Å². The fourth-order valence-electron chi connectivity index (χ4n) is 1.90. The summed E-state index contributed by atoms with van der Waals surface area (Å²) in [5.41, 5.74) is 1.45. The predicted octanol–water partition coefficient (Wildman–Crippen LogP) is 4.34. The molecule has 0 radical (unpaired) electrons. The monoisotopic (exact) mass is 317 g/mol. The van der Waals surface area contributed by atoms with Gasteiger partial charge in [-0.15, -0.1) is 0 Å². The van der Waals surface area contributed by atoms with E-state index in [1.165, 1.54) is 6.08 Å². The number of halogens is 2. The zero-order valence-electron chi connectivity index (χ0n) is 10.7. The molecular formula is C16H9Cl2NO2. The Kier molecular flexibility index (Phi) is 3.78. The molecule has 1 aliphatic heterocycles. The van der Waals surface area contributed by atoms with Crippen LogP contribution < -0.4 is 0 Å². The van der Waals surface area contributed by atoms with E-state index in [1.54, 1.807) is 18.2 Å². The summed E-state index contributed by atoms with van der Waals surface area (Å²) >= 11 is 12.2. The Balaban J connectivity index is 2.01. The smallest absolute Gasteiger partial charge is 0.363 e. The highest BCUT2D eigenvalue weighted by atomic mass is 35.5. The molecule has 21 heavy (non-hydrogen) atoms. The van der Waals surface area contributed by atoms with Gasteiger partial charge >= 0.3 is 5.97 Å². The number of benzene rings is 2. The molecule has 2 aromatic carbocycles. The van der Waals surface area contributed by atoms with Gasteiger partial charge in [0.05, 0.1) is 0 Å². The van der Waals surface area contributed by atoms with Crippen LogP contribution in [0.5, 0.6) is 0 Å². The number of rotatable bonds is 2. The number of carbonyl (C=O) groups excluding carboxylic acids is 1. The fourth-order valence-corrected chi connectivity index (χ4v) is 2.41. The third-order valence-electron chi connectivity index (χ3n) is 2.92. The SMILES string of the molecule is O=C1OC(c2ccccc2)=NC1=Cc1c(Cl)cccc1Cl. The average molecular weight is 318 g/mol. The Morgan fingerprint density at radius 1 is 0.952 bits per heavy atom. The Labute approximate surface area is 131 Å². The summed E-state index contributed by atoms with van der Waals surface area (Å²) in [5.74, 6) is -0.250. The minimum atomic E-state index is -0.523.